The van der Waals surface area contributed by atoms with Gasteiger partial charge in [-0.2, -0.15) is 0 Å². The van der Waals surface area contributed by atoms with E-state index in [1.807, 2.05) is 36.1 Å². The number of hydrogen-bond acceptors (Lipinski definition) is 6. The maximum absolute atomic E-state index is 12.8. The van der Waals surface area contributed by atoms with Gasteiger partial charge in [0, 0.05) is 38.8 Å². The molecule has 1 saturated heterocycles. The molecule has 0 unspecified atom stereocenters. The molecular weight excluding hydrogens is 394 g/mol. The first-order chi connectivity index (χ1) is 15.1. The number of aryl methyl sites for hydroxylation is 1. The van der Waals surface area contributed by atoms with Crippen molar-refractivity contribution in [2.24, 2.45) is 0 Å². The predicted molar refractivity (Wildman–Crippen MR) is 116 cm³/mol. The molecule has 0 atom stereocenters. The lowest BCUT2D eigenvalue weighted by Crippen LogP contribution is -2.48. The van der Waals surface area contributed by atoms with Gasteiger partial charge in [0.1, 0.15) is 6.61 Å². The summed E-state index contributed by atoms with van der Waals surface area (Å²) < 4.78 is 16.5. The van der Waals surface area contributed by atoms with E-state index in [9.17, 15) is 4.79 Å². The van der Waals surface area contributed by atoms with Gasteiger partial charge in [-0.05, 0) is 30.2 Å². The SMILES string of the molecule is COc1cc(C)ccc1OCc1cc(C(=O)N2CCN(Cc3ccccc3)CC2)no1. The van der Waals surface area contributed by atoms with Gasteiger partial charge in [-0.15, -0.1) is 0 Å². The molecule has 4 rings (SSSR count). The molecule has 0 aliphatic carbocycles. The summed E-state index contributed by atoms with van der Waals surface area (Å²) in [6.45, 7) is 6.07. The van der Waals surface area contributed by atoms with Crippen LogP contribution in [-0.4, -0.2) is 54.2 Å². The van der Waals surface area contributed by atoms with Gasteiger partial charge >= 0.3 is 0 Å². The largest absolute Gasteiger partial charge is 0.493 e. The summed E-state index contributed by atoms with van der Waals surface area (Å²) in [5.74, 6) is 1.66. The highest BCUT2D eigenvalue weighted by Crippen LogP contribution is 2.28. The van der Waals surface area contributed by atoms with Gasteiger partial charge in [0.15, 0.2) is 23.0 Å². The number of aromatic nitrogens is 1. The van der Waals surface area contributed by atoms with E-state index in [1.54, 1.807) is 13.2 Å². The second-order valence-corrected chi connectivity index (χ2v) is 7.68. The van der Waals surface area contributed by atoms with Gasteiger partial charge in [-0.25, -0.2) is 0 Å². The summed E-state index contributed by atoms with van der Waals surface area (Å²) >= 11 is 0. The zero-order valence-corrected chi connectivity index (χ0v) is 17.9. The van der Waals surface area contributed by atoms with Crippen molar-refractivity contribution in [1.29, 1.82) is 0 Å². The lowest BCUT2D eigenvalue weighted by molar-refractivity contribution is 0.0618. The smallest absolute Gasteiger partial charge is 0.276 e. The van der Waals surface area contributed by atoms with Crippen LogP contribution in [-0.2, 0) is 13.2 Å². The molecule has 0 bridgehead atoms. The van der Waals surface area contributed by atoms with Crippen molar-refractivity contribution < 1.29 is 18.8 Å². The third-order valence-electron chi connectivity index (χ3n) is 5.38. The molecule has 0 spiro atoms. The summed E-state index contributed by atoms with van der Waals surface area (Å²) in [6.07, 6.45) is 0. The predicted octanol–water partition coefficient (Wildman–Crippen LogP) is 3.53. The van der Waals surface area contributed by atoms with Gasteiger partial charge in [-0.1, -0.05) is 41.6 Å². The van der Waals surface area contributed by atoms with E-state index in [2.05, 4.69) is 34.3 Å². The molecule has 1 fully saturated rings. The Hall–Kier alpha value is -3.32. The van der Waals surface area contributed by atoms with Crippen molar-refractivity contribution in [3.8, 4) is 11.5 Å². The molecule has 7 nitrogen and oxygen atoms in total. The molecule has 1 amide bonds. The number of rotatable bonds is 7. The van der Waals surface area contributed by atoms with Crippen molar-refractivity contribution in [2.75, 3.05) is 33.3 Å². The zero-order chi connectivity index (χ0) is 21.6. The first-order valence-electron chi connectivity index (χ1n) is 10.4. The Morgan fingerprint density at radius 2 is 1.81 bits per heavy atom. The van der Waals surface area contributed by atoms with Crippen molar-refractivity contribution in [2.45, 2.75) is 20.1 Å². The Balaban J connectivity index is 1.29. The minimum absolute atomic E-state index is 0.109. The Kier molecular flexibility index (Phi) is 6.52. The highest BCUT2D eigenvalue weighted by atomic mass is 16.5. The summed E-state index contributed by atoms with van der Waals surface area (Å²) in [5.41, 5.74) is 2.68. The number of carbonyl (C=O) groups is 1. The third-order valence-corrected chi connectivity index (χ3v) is 5.38. The summed E-state index contributed by atoms with van der Waals surface area (Å²) in [5, 5.41) is 3.96. The molecule has 7 heteroatoms. The summed E-state index contributed by atoms with van der Waals surface area (Å²) in [4.78, 5) is 17.0. The van der Waals surface area contributed by atoms with Crippen LogP contribution in [0.15, 0.2) is 59.1 Å². The Morgan fingerprint density at radius 1 is 1.03 bits per heavy atom. The average Bonchev–Trinajstić information content (AvgIpc) is 3.28. The van der Waals surface area contributed by atoms with E-state index >= 15 is 0 Å². The minimum atomic E-state index is -0.109. The quantitative estimate of drug-likeness (QED) is 0.581. The molecule has 0 N–H and O–H groups in total. The Morgan fingerprint density at radius 3 is 2.55 bits per heavy atom. The van der Waals surface area contributed by atoms with Crippen LogP contribution >= 0.6 is 0 Å². The van der Waals surface area contributed by atoms with Crippen molar-refractivity contribution >= 4 is 5.91 Å². The molecule has 0 radical (unpaired) electrons. The second kappa shape index (κ2) is 9.66. The van der Waals surface area contributed by atoms with Crippen LogP contribution < -0.4 is 9.47 Å². The standard InChI is InChI=1S/C24H27N3O4/c1-18-8-9-22(23(14-18)29-2)30-17-20-15-21(25-31-20)24(28)27-12-10-26(11-13-27)16-19-6-4-3-5-7-19/h3-9,14-15H,10-13,16-17H2,1-2H3. The molecule has 0 saturated carbocycles. The Bertz CT molecular complexity index is 1010. The molecule has 2 aromatic carbocycles. The van der Waals surface area contributed by atoms with Crippen LogP contribution in [0.3, 0.4) is 0 Å². The van der Waals surface area contributed by atoms with Crippen molar-refractivity contribution in [1.82, 2.24) is 15.0 Å². The highest BCUT2D eigenvalue weighted by molar-refractivity contribution is 5.92. The molecule has 31 heavy (non-hydrogen) atoms. The van der Waals surface area contributed by atoms with Gasteiger partial charge in [-0.3, -0.25) is 9.69 Å². The first-order valence-corrected chi connectivity index (χ1v) is 10.4. The van der Waals surface area contributed by atoms with Gasteiger partial charge in [0.2, 0.25) is 0 Å². The number of methoxy groups -OCH3 is 1. The number of amides is 1. The van der Waals surface area contributed by atoms with Crippen LogP contribution in [0.5, 0.6) is 11.5 Å². The fourth-order valence-corrected chi connectivity index (χ4v) is 3.64. The van der Waals surface area contributed by atoms with E-state index in [1.165, 1.54) is 5.56 Å². The summed E-state index contributed by atoms with van der Waals surface area (Å²) in [6, 6.07) is 17.7. The fourth-order valence-electron chi connectivity index (χ4n) is 3.64. The van der Waals surface area contributed by atoms with E-state index in [0.717, 1.165) is 25.2 Å². The number of hydrogen-bond donors (Lipinski definition) is 0. The van der Waals surface area contributed by atoms with E-state index < -0.39 is 0 Å². The van der Waals surface area contributed by atoms with Crippen LogP contribution in [0.25, 0.3) is 0 Å². The molecular formula is C24H27N3O4. The second-order valence-electron chi connectivity index (χ2n) is 7.68. The van der Waals surface area contributed by atoms with Crippen LogP contribution in [0.4, 0.5) is 0 Å². The molecule has 2 heterocycles. The average molecular weight is 421 g/mol. The van der Waals surface area contributed by atoms with Crippen molar-refractivity contribution in [3.05, 3.63) is 77.2 Å². The van der Waals surface area contributed by atoms with Crippen molar-refractivity contribution in [3.63, 3.8) is 0 Å². The van der Waals surface area contributed by atoms with Crippen LogP contribution in [0.2, 0.25) is 0 Å². The van der Waals surface area contributed by atoms with E-state index in [0.29, 0.717) is 36.0 Å². The number of carbonyl (C=O) groups excluding carboxylic acids is 1. The third kappa shape index (κ3) is 5.24. The lowest BCUT2D eigenvalue weighted by Gasteiger charge is -2.34. The molecule has 1 aliphatic heterocycles. The Labute approximate surface area is 182 Å². The topological polar surface area (TPSA) is 68.0 Å². The van der Waals surface area contributed by atoms with Gasteiger partial charge in [0.25, 0.3) is 5.91 Å². The monoisotopic (exact) mass is 421 g/mol. The fraction of sp³-hybridized carbons (Fsp3) is 0.333. The molecule has 3 aromatic rings. The van der Waals surface area contributed by atoms with Gasteiger partial charge < -0.3 is 18.9 Å². The van der Waals surface area contributed by atoms with Crippen LogP contribution in [0.1, 0.15) is 27.4 Å². The van der Waals surface area contributed by atoms with E-state index in [4.69, 9.17) is 14.0 Å². The van der Waals surface area contributed by atoms with Crippen LogP contribution in [0, 0.1) is 6.92 Å². The highest BCUT2D eigenvalue weighted by Gasteiger charge is 2.24. The van der Waals surface area contributed by atoms with Gasteiger partial charge in [0.05, 0.1) is 7.11 Å². The number of piperazine rings is 1. The lowest BCUT2D eigenvalue weighted by atomic mass is 10.2. The normalized spacial score (nSPS) is 14.5. The molecule has 162 valence electrons. The number of ether oxygens (including phenoxy) is 2. The minimum Gasteiger partial charge on any atom is -0.493 e. The molecule has 1 aliphatic rings. The number of benzene rings is 2. The number of nitrogens with zero attached hydrogens (tertiary/aromatic N) is 3. The zero-order valence-electron chi connectivity index (χ0n) is 17.9. The van der Waals surface area contributed by atoms with E-state index in [-0.39, 0.29) is 12.5 Å². The summed E-state index contributed by atoms with van der Waals surface area (Å²) in [7, 11) is 1.60. The first kappa shape index (κ1) is 20.9. The maximum Gasteiger partial charge on any atom is 0.276 e. The maximum atomic E-state index is 12.8. The molecule has 1 aromatic heterocycles.